The molecule has 1 unspecified atom stereocenters. The number of hydrogen-bond acceptors (Lipinski definition) is 3. The second-order valence-corrected chi connectivity index (χ2v) is 6.26. The Morgan fingerprint density at radius 1 is 0.815 bits per heavy atom. The van der Waals surface area contributed by atoms with Crippen molar-refractivity contribution in [2.24, 2.45) is 5.73 Å². The van der Waals surface area contributed by atoms with Crippen molar-refractivity contribution >= 4 is 0 Å². The maximum absolute atomic E-state index is 12.6. The zero-order valence-electron chi connectivity index (χ0n) is 14.3. The van der Waals surface area contributed by atoms with Gasteiger partial charge in [0.1, 0.15) is 11.5 Å². The van der Waals surface area contributed by atoms with Crippen molar-refractivity contribution in [1.82, 2.24) is 0 Å². The number of ether oxygens (including phenoxy) is 1. The number of benzene rings is 3. The van der Waals surface area contributed by atoms with Crippen LogP contribution in [0.3, 0.4) is 0 Å². The Kier molecular flexibility index (Phi) is 5.10. The average molecular weight is 373 g/mol. The molecule has 0 aliphatic rings. The van der Waals surface area contributed by atoms with Gasteiger partial charge in [-0.05, 0) is 47.4 Å². The Hall–Kier alpha value is -2.99. The van der Waals surface area contributed by atoms with Gasteiger partial charge in [-0.2, -0.15) is 0 Å². The van der Waals surface area contributed by atoms with E-state index in [2.05, 4.69) is 4.74 Å². The van der Waals surface area contributed by atoms with Crippen LogP contribution in [0, 0.1) is 0 Å². The van der Waals surface area contributed by atoms with Crippen LogP contribution in [0.15, 0.2) is 78.9 Å². The highest BCUT2D eigenvalue weighted by Crippen LogP contribution is 2.35. The normalized spacial score (nSPS) is 13.8. The Morgan fingerprint density at radius 2 is 1.44 bits per heavy atom. The molecule has 3 N–H and O–H groups in total. The van der Waals surface area contributed by atoms with Crippen LogP contribution in [0.1, 0.15) is 16.7 Å². The van der Waals surface area contributed by atoms with E-state index in [0.717, 1.165) is 5.56 Å². The molecule has 0 aliphatic carbocycles. The van der Waals surface area contributed by atoms with Gasteiger partial charge in [0.15, 0.2) is 0 Å². The zero-order valence-corrected chi connectivity index (χ0v) is 14.3. The van der Waals surface area contributed by atoms with Gasteiger partial charge in [0.2, 0.25) is 0 Å². The van der Waals surface area contributed by atoms with Crippen LogP contribution in [0.4, 0.5) is 13.2 Å². The van der Waals surface area contributed by atoms with Gasteiger partial charge in [-0.3, -0.25) is 0 Å². The fourth-order valence-corrected chi connectivity index (χ4v) is 3.04. The van der Waals surface area contributed by atoms with E-state index in [0.29, 0.717) is 17.5 Å². The van der Waals surface area contributed by atoms with E-state index in [-0.39, 0.29) is 11.5 Å². The molecule has 3 aromatic carbocycles. The lowest BCUT2D eigenvalue weighted by atomic mass is 9.79. The number of rotatable bonds is 5. The molecule has 3 aromatic rings. The van der Waals surface area contributed by atoms with Crippen molar-refractivity contribution in [2.45, 2.75) is 18.3 Å². The standard InChI is InChI=1S/C21H18F3NO2/c22-21(23,24)27-19-11-5-9-17(13-19)20(25,14-15-6-2-1-3-7-15)16-8-4-10-18(26)12-16/h1-13,26H,14,25H2. The SMILES string of the molecule is NC(Cc1ccccc1)(c1cccc(O)c1)c1cccc(OC(F)(F)F)c1. The summed E-state index contributed by atoms with van der Waals surface area (Å²) in [5, 5.41) is 9.87. The third-order valence-electron chi connectivity index (χ3n) is 4.27. The Morgan fingerprint density at radius 3 is 2.07 bits per heavy atom. The maximum atomic E-state index is 12.6. The first-order valence-corrected chi connectivity index (χ1v) is 8.25. The largest absolute Gasteiger partial charge is 0.573 e. The predicted octanol–water partition coefficient (Wildman–Crippen LogP) is 4.74. The molecular formula is C21H18F3NO2. The van der Waals surface area contributed by atoms with Crippen molar-refractivity contribution in [3.05, 3.63) is 95.6 Å². The molecule has 0 aromatic heterocycles. The molecule has 0 saturated carbocycles. The topological polar surface area (TPSA) is 55.5 Å². The summed E-state index contributed by atoms with van der Waals surface area (Å²) in [6, 6.07) is 21.4. The van der Waals surface area contributed by atoms with Gasteiger partial charge in [-0.15, -0.1) is 13.2 Å². The Labute approximate surface area is 154 Å². The summed E-state index contributed by atoms with van der Waals surface area (Å²) in [5.41, 5.74) is 7.49. The lowest BCUT2D eigenvalue weighted by Crippen LogP contribution is -2.40. The van der Waals surface area contributed by atoms with Gasteiger partial charge in [-0.1, -0.05) is 54.6 Å². The van der Waals surface area contributed by atoms with Crippen molar-refractivity contribution in [2.75, 3.05) is 0 Å². The number of phenols is 1. The van der Waals surface area contributed by atoms with Crippen LogP contribution in [0.2, 0.25) is 0 Å². The van der Waals surface area contributed by atoms with Gasteiger partial charge in [0, 0.05) is 0 Å². The van der Waals surface area contributed by atoms with E-state index in [4.69, 9.17) is 5.73 Å². The fourth-order valence-electron chi connectivity index (χ4n) is 3.04. The summed E-state index contributed by atoms with van der Waals surface area (Å²) in [4.78, 5) is 0. The molecule has 3 rings (SSSR count). The highest BCUT2D eigenvalue weighted by Gasteiger charge is 2.34. The van der Waals surface area contributed by atoms with Gasteiger partial charge < -0.3 is 15.6 Å². The third kappa shape index (κ3) is 4.60. The van der Waals surface area contributed by atoms with Gasteiger partial charge in [0.25, 0.3) is 0 Å². The minimum absolute atomic E-state index is 0.0260. The maximum Gasteiger partial charge on any atom is 0.573 e. The van der Waals surface area contributed by atoms with Crippen molar-refractivity contribution in [3.63, 3.8) is 0 Å². The quantitative estimate of drug-likeness (QED) is 0.679. The second kappa shape index (κ2) is 7.32. The first-order chi connectivity index (χ1) is 12.8. The monoisotopic (exact) mass is 373 g/mol. The van der Waals surface area contributed by atoms with E-state index in [1.165, 1.54) is 30.3 Å². The number of halogens is 3. The predicted molar refractivity (Wildman–Crippen MR) is 96.3 cm³/mol. The molecular weight excluding hydrogens is 355 g/mol. The lowest BCUT2D eigenvalue weighted by molar-refractivity contribution is -0.274. The first-order valence-electron chi connectivity index (χ1n) is 8.25. The summed E-state index contributed by atoms with van der Waals surface area (Å²) < 4.78 is 41.9. The number of hydrogen-bond donors (Lipinski definition) is 2. The molecule has 3 nitrogen and oxygen atoms in total. The van der Waals surface area contributed by atoms with E-state index < -0.39 is 11.9 Å². The molecule has 0 heterocycles. The number of aromatic hydroxyl groups is 1. The number of nitrogens with two attached hydrogens (primary N) is 1. The van der Waals surface area contributed by atoms with E-state index in [9.17, 15) is 18.3 Å². The summed E-state index contributed by atoms with van der Waals surface area (Å²) >= 11 is 0. The van der Waals surface area contributed by atoms with Crippen LogP contribution in [-0.2, 0) is 12.0 Å². The molecule has 6 heteroatoms. The summed E-state index contributed by atoms with van der Waals surface area (Å²) in [7, 11) is 0. The minimum atomic E-state index is -4.79. The second-order valence-electron chi connectivity index (χ2n) is 6.26. The lowest BCUT2D eigenvalue weighted by Gasteiger charge is -2.31. The average Bonchev–Trinajstić information content (AvgIpc) is 2.61. The van der Waals surface area contributed by atoms with Crippen LogP contribution < -0.4 is 10.5 Å². The van der Waals surface area contributed by atoms with Crippen molar-refractivity contribution in [1.29, 1.82) is 0 Å². The number of alkyl halides is 3. The molecule has 0 bridgehead atoms. The molecule has 0 aliphatic heterocycles. The van der Waals surface area contributed by atoms with Crippen LogP contribution in [0.5, 0.6) is 11.5 Å². The van der Waals surface area contributed by atoms with Crippen LogP contribution in [-0.4, -0.2) is 11.5 Å². The first kappa shape index (κ1) is 18.8. The van der Waals surface area contributed by atoms with Crippen molar-refractivity contribution < 1.29 is 23.0 Å². The van der Waals surface area contributed by atoms with Gasteiger partial charge >= 0.3 is 6.36 Å². The van der Waals surface area contributed by atoms with Gasteiger partial charge in [-0.25, -0.2) is 0 Å². The minimum Gasteiger partial charge on any atom is -0.508 e. The van der Waals surface area contributed by atoms with Crippen LogP contribution in [0.25, 0.3) is 0 Å². The smallest absolute Gasteiger partial charge is 0.508 e. The molecule has 0 radical (unpaired) electrons. The van der Waals surface area contributed by atoms with E-state index in [1.54, 1.807) is 18.2 Å². The van der Waals surface area contributed by atoms with Gasteiger partial charge in [0.05, 0.1) is 5.54 Å². The van der Waals surface area contributed by atoms with E-state index >= 15 is 0 Å². The zero-order chi connectivity index (χ0) is 19.5. The molecule has 0 spiro atoms. The molecule has 0 fully saturated rings. The Bertz CT molecular complexity index is 913. The molecule has 140 valence electrons. The summed E-state index contributed by atoms with van der Waals surface area (Å²) in [6.45, 7) is 0. The fraction of sp³-hybridized carbons (Fsp3) is 0.143. The highest BCUT2D eigenvalue weighted by atomic mass is 19.4. The third-order valence-corrected chi connectivity index (χ3v) is 4.27. The highest BCUT2D eigenvalue weighted by molar-refractivity contribution is 5.45. The van der Waals surface area contributed by atoms with Crippen molar-refractivity contribution in [3.8, 4) is 11.5 Å². The number of phenolic OH excluding ortho intramolecular Hbond substituents is 1. The van der Waals surface area contributed by atoms with E-state index in [1.807, 2.05) is 30.3 Å². The Balaban J connectivity index is 2.08. The molecule has 1 atom stereocenters. The summed E-state index contributed by atoms with van der Waals surface area (Å²) in [6.07, 6.45) is -4.47. The molecule has 0 amide bonds. The molecule has 27 heavy (non-hydrogen) atoms. The van der Waals surface area contributed by atoms with Crippen LogP contribution >= 0.6 is 0 Å². The summed E-state index contributed by atoms with van der Waals surface area (Å²) in [5.74, 6) is -0.318. The molecule has 0 saturated heterocycles.